The van der Waals surface area contributed by atoms with Crippen molar-refractivity contribution in [1.82, 2.24) is 5.32 Å². The second-order valence-corrected chi connectivity index (χ2v) is 6.11. The lowest BCUT2D eigenvalue weighted by molar-refractivity contribution is -0.120. The molecule has 4 nitrogen and oxygen atoms in total. The zero-order chi connectivity index (χ0) is 14.5. The van der Waals surface area contributed by atoms with Gasteiger partial charge >= 0.3 is 0 Å². The van der Waals surface area contributed by atoms with Gasteiger partial charge in [0, 0.05) is 30.4 Å². The monoisotopic (exact) mass is 287 g/mol. The molecule has 2 heterocycles. The third-order valence-corrected chi connectivity index (χ3v) is 4.57. The van der Waals surface area contributed by atoms with Crippen molar-refractivity contribution in [2.45, 2.75) is 32.1 Å². The van der Waals surface area contributed by atoms with E-state index in [-0.39, 0.29) is 11.8 Å². The Morgan fingerprint density at radius 1 is 1.05 bits per heavy atom. The van der Waals surface area contributed by atoms with Crippen LogP contribution in [0.4, 0.5) is 11.4 Å². The Bertz CT molecular complexity index is 459. The Balaban J connectivity index is 1.57. The molecule has 0 aromatic heterocycles. The van der Waals surface area contributed by atoms with E-state index in [9.17, 15) is 4.79 Å². The average Bonchev–Trinajstić information content (AvgIpc) is 2.57. The minimum atomic E-state index is 0.160. The number of hydrogen-bond donors (Lipinski definition) is 2. The molecule has 2 aliphatic rings. The van der Waals surface area contributed by atoms with E-state index < -0.39 is 0 Å². The van der Waals surface area contributed by atoms with E-state index in [1.807, 2.05) is 12.1 Å². The van der Waals surface area contributed by atoms with E-state index in [1.54, 1.807) is 0 Å². The summed E-state index contributed by atoms with van der Waals surface area (Å²) in [7, 11) is 0. The molecule has 1 aromatic rings. The molecule has 0 spiro atoms. The third-order valence-electron chi connectivity index (χ3n) is 4.57. The van der Waals surface area contributed by atoms with Crippen LogP contribution in [0.1, 0.15) is 32.1 Å². The van der Waals surface area contributed by atoms with Gasteiger partial charge in [0.15, 0.2) is 0 Å². The zero-order valence-electron chi connectivity index (χ0n) is 12.6. The number of benzene rings is 1. The predicted molar refractivity (Wildman–Crippen MR) is 86.7 cm³/mol. The Hall–Kier alpha value is -1.55. The maximum atomic E-state index is 12.2. The third kappa shape index (κ3) is 3.76. The summed E-state index contributed by atoms with van der Waals surface area (Å²) < 4.78 is 0. The quantitative estimate of drug-likeness (QED) is 0.898. The number of nitrogens with one attached hydrogen (secondary N) is 2. The molecule has 0 radical (unpaired) electrons. The SMILES string of the molecule is O=C(Nc1ccc(N2CCCCC2)cc1)C1CCNCC1. The van der Waals surface area contributed by atoms with Crippen LogP contribution in [0.3, 0.4) is 0 Å². The van der Waals surface area contributed by atoms with Crippen LogP contribution in [0.5, 0.6) is 0 Å². The first-order chi connectivity index (χ1) is 10.3. The largest absolute Gasteiger partial charge is 0.372 e. The highest BCUT2D eigenvalue weighted by atomic mass is 16.1. The molecule has 2 fully saturated rings. The molecule has 0 aliphatic carbocycles. The van der Waals surface area contributed by atoms with Crippen molar-refractivity contribution in [1.29, 1.82) is 0 Å². The second-order valence-electron chi connectivity index (χ2n) is 6.11. The predicted octanol–water partition coefficient (Wildman–Crippen LogP) is 2.62. The minimum absolute atomic E-state index is 0.160. The molecule has 21 heavy (non-hydrogen) atoms. The first-order valence-electron chi connectivity index (χ1n) is 8.19. The van der Waals surface area contributed by atoms with Gasteiger partial charge in [-0.2, -0.15) is 0 Å². The fourth-order valence-electron chi connectivity index (χ4n) is 3.24. The van der Waals surface area contributed by atoms with E-state index in [2.05, 4.69) is 27.7 Å². The van der Waals surface area contributed by atoms with Gasteiger partial charge in [-0.3, -0.25) is 4.79 Å². The normalized spacial score (nSPS) is 20.3. The van der Waals surface area contributed by atoms with Crippen LogP contribution < -0.4 is 15.5 Å². The van der Waals surface area contributed by atoms with Crippen LogP contribution in [-0.4, -0.2) is 32.1 Å². The van der Waals surface area contributed by atoms with Crippen molar-refractivity contribution in [2.75, 3.05) is 36.4 Å². The Morgan fingerprint density at radius 3 is 2.38 bits per heavy atom. The van der Waals surface area contributed by atoms with Gasteiger partial charge in [-0.15, -0.1) is 0 Å². The van der Waals surface area contributed by atoms with E-state index >= 15 is 0 Å². The Kier molecular flexibility index (Phi) is 4.76. The van der Waals surface area contributed by atoms with Crippen LogP contribution in [0.15, 0.2) is 24.3 Å². The van der Waals surface area contributed by atoms with Crippen molar-refractivity contribution in [3.05, 3.63) is 24.3 Å². The van der Waals surface area contributed by atoms with Crippen LogP contribution in [-0.2, 0) is 4.79 Å². The fourth-order valence-corrected chi connectivity index (χ4v) is 3.24. The Morgan fingerprint density at radius 2 is 1.71 bits per heavy atom. The number of anilines is 2. The van der Waals surface area contributed by atoms with Crippen molar-refractivity contribution in [3.63, 3.8) is 0 Å². The zero-order valence-corrected chi connectivity index (χ0v) is 12.6. The molecule has 0 unspecified atom stereocenters. The van der Waals surface area contributed by atoms with Gasteiger partial charge < -0.3 is 15.5 Å². The van der Waals surface area contributed by atoms with Gasteiger partial charge in [0.05, 0.1) is 0 Å². The number of hydrogen-bond acceptors (Lipinski definition) is 3. The fraction of sp³-hybridized carbons (Fsp3) is 0.588. The number of piperidine rings is 2. The molecule has 3 rings (SSSR count). The molecule has 0 saturated carbocycles. The lowest BCUT2D eigenvalue weighted by atomic mass is 9.97. The number of carbonyl (C=O) groups excluding carboxylic acids is 1. The highest BCUT2D eigenvalue weighted by Crippen LogP contribution is 2.22. The van der Waals surface area contributed by atoms with Gasteiger partial charge in [-0.1, -0.05) is 0 Å². The molecule has 0 bridgehead atoms. The van der Waals surface area contributed by atoms with Gasteiger partial charge in [0.25, 0.3) is 0 Å². The summed E-state index contributed by atoms with van der Waals surface area (Å²) in [5.74, 6) is 0.329. The maximum Gasteiger partial charge on any atom is 0.227 e. The van der Waals surface area contributed by atoms with Crippen LogP contribution in [0, 0.1) is 5.92 Å². The van der Waals surface area contributed by atoms with Crippen LogP contribution >= 0.6 is 0 Å². The molecule has 0 atom stereocenters. The van der Waals surface area contributed by atoms with E-state index in [0.717, 1.165) is 44.7 Å². The molecule has 4 heteroatoms. The molecular formula is C17H25N3O. The minimum Gasteiger partial charge on any atom is -0.372 e. The summed E-state index contributed by atoms with van der Waals surface area (Å²) in [4.78, 5) is 14.6. The van der Waals surface area contributed by atoms with Crippen LogP contribution in [0.25, 0.3) is 0 Å². The number of nitrogens with zero attached hydrogens (tertiary/aromatic N) is 1. The average molecular weight is 287 g/mol. The van der Waals surface area contributed by atoms with E-state index in [1.165, 1.54) is 24.9 Å². The standard InChI is InChI=1S/C17H25N3O/c21-17(14-8-10-18-11-9-14)19-15-4-6-16(7-5-15)20-12-2-1-3-13-20/h4-7,14,18H,1-3,8-13H2,(H,19,21). The molecular weight excluding hydrogens is 262 g/mol. The summed E-state index contributed by atoms with van der Waals surface area (Å²) >= 11 is 0. The molecule has 2 saturated heterocycles. The summed E-state index contributed by atoms with van der Waals surface area (Å²) in [5.41, 5.74) is 2.19. The lowest BCUT2D eigenvalue weighted by Crippen LogP contribution is -2.34. The molecule has 2 aliphatic heterocycles. The topological polar surface area (TPSA) is 44.4 Å². The summed E-state index contributed by atoms with van der Waals surface area (Å²) in [5, 5.41) is 6.35. The maximum absolute atomic E-state index is 12.2. The molecule has 1 amide bonds. The first kappa shape index (κ1) is 14.4. The van der Waals surface area contributed by atoms with Gasteiger partial charge in [0.1, 0.15) is 0 Å². The van der Waals surface area contributed by atoms with Crippen molar-refractivity contribution >= 4 is 17.3 Å². The van der Waals surface area contributed by atoms with Gasteiger partial charge in [0.2, 0.25) is 5.91 Å². The lowest BCUT2D eigenvalue weighted by Gasteiger charge is -2.29. The summed E-state index contributed by atoms with van der Waals surface area (Å²) in [6, 6.07) is 8.32. The van der Waals surface area contributed by atoms with Gasteiger partial charge in [-0.05, 0) is 69.5 Å². The Labute approximate surface area is 126 Å². The van der Waals surface area contributed by atoms with Gasteiger partial charge in [-0.25, -0.2) is 0 Å². The van der Waals surface area contributed by atoms with Crippen LogP contribution in [0.2, 0.25) is 0 Å². The van der Waals surface area contributed by atoms with Crippen molar-refractivity contribution in [3.8, 4) is 0 Å². The van der Waals surface area contributed by atoms with Crippen molar-refractivity contribution in [2.24, 2.45) is 5.92 Å². The number of carbonyl (C=O) groups is 1. The van der Waals surface area contributed by atoms with E-state index in [4.69, 9.17) is 0 Å². The molecule has 2 N–H and O–H groups in total. The van der Waals surface area contributed by atoms with E-state index in [0.29, 0.717) is 0 Å². The first-order valence-corrected chi connectivity index (χ1v) is 8.19. The number of amides is 1. The second kappa shape index (κ2) is 6.94. The number of rotatable bonds is 3. The van der Waals surface area contributed by atoms with Crippen molar-refractivity contribution < 1.29 is 4.79 Å². The molecule has 114 valence electrons. The summed E-state index contributed by atoms with van der Waals surface area (Å²) in [6.45, 7) is 4.21. The highest BCUT2D eigenvalue weighted by molar-refractivity contribution is 5.92. The smallest absolute Gasteiger partial charge is 0.227 e. The summed E-state index contributed by atoms with van der Waals surface area (Å²) in [6.07, 6.45) is 5.80. The highest BCUT2D eigenvalue weighted by Gasteiger charge is 2.20. The molecule has 1 aromatic carbocycles.